The normalized spacial score (nSPS) is 13.1. The molecule has 1 heterocycles. The van der Waals surface area contributed by atoms with Gasteiger partial charge in [0, 0.05) is 16.6 Å². The first-order valence-corrected chi connectivity index (χ1v) is 10.8. The van der Waals surface area contributed by atoms with E-state index in [1.807, 2.05) is 18.2 Å². The highest BCUT2D eigenvalue weighted by molar-refractivity contribution is 9.10. The smallest absolute Gasteiger partial charge is 0.308 e. The molecule has 1 aliphatic rings. The Morgan fingerprint density at radius 2 is 1.87 bits per heavy atom. The average Bonchev–Trinajstić information content (AvgIpc) is 2.77. The first-order chi connectivity index (χ1) is 14.5. The summed E-state index contributed by atoms with van der Waals surface area (Å²) in [5, 5.41) is 0.475. The largest absolute Gasteiger partial charge is 0.457 e. The van der Waals surface area contributed by atoms with Crippen LogP contribution in [0.4, 0.5) is 0 Å². The fraction of sp³-hybridized carbons (Fsp3) is 0.304. The van der Waals surface area contributed by atoms with Crippen LogP contribution in [0.3, 0.4) is 0 Å². The molecule has 4 rings (SSSR count). The van der Waals surface area contributed by atoms with Gasteiger partial charge in [-0.05, 0) is 61.1 Å². The van der Waals surface area contributed by atoms with Crippen LogP contribution in [0.2, 0.25) is 0 Å². The van der Waals surface area contributed by atoms with Gasteiger partial charge in [0.05, 0.1) is 23.7 Å². The molecule has 0 unspecified atom stereocenters. The topological polar surface area (TPSA) is 78.3 Å². The second kappa shape index (κ2) is 8.92. The summed E-state index contributed by atoms with van der Waals surface area (Å²) in [6.07, 6.45) is 5.77. The Kier molecular flexibility index (Phi) is 6.08. The summed E-state index contributed by atoms with van der Waals surface area (Å²) in [5.74, 6) is -0.742. The Morgan fingerprint density at radius 3 is 2.70 bits per heavy atom. The molecule has 0 bridgehead atoms. The van der Waals surface area contributed by atoms with Crippen LogP contribution in [0.15, 0.2) is 52.0 Å². The highest BCUT2D eigenvalue weighted by Gasteiger charge is 2.15. The van der Waals surface area contributed by atoms with Crippen molar-refractivity contribution in [3.05, 3.63) is 74.2 Å². The van der Waals surface area contributed by atoms with Crippen LogP contribution in [-0.2, 0) is 28.9 Å². The van der Waals surface area contributed by atoms with Crippen molar-refractivity contribution >= 4 is 38.6 Å². The van der Waals surface area contributed by atoms with Gasteiger partial charge in [-0.2, -0.15) is 0 Å². The van der Waals surface area contributed by atoms with E-state index in [1.165, 1.54) is 28.4 Å². The second-order valence-corrected chi connectivity index (χ2v) is 8.34. The maximum atomic E-state index is 12.6. The summed E-state index contributed by atoms with van der Waals surface area (Å²) in [6.45, 7) is -0.157. The van der Waals surface area contributed by atoms with Crippen molar-refractivity contribution in [1.82, 2.24) is 9.55 Å². The fourth-order valence-electron chi connectivity index (χ4n) is 3.71. The molecule has 0 radical (unpaired) electrons. The summed E-state index contributed by atoms with van der Waals surface area (Å²) >= 11 is 3.34. The lowest BCUT2D eigenvalue weighted by atomic mass is 9.90. The molecule has 0 N–H and O–H groups in total. The number of benzene rings is 2. The minimum Gasteiger partial charge on any atom is -0.457 e. The van der Waals surface area contributed by atoms with E-state index in [1.54, 1.807) is 18.2 Å². The van der Waals surface area contributed by atoms with Gasteiger partial charge in [0.15, 0.2) is 12.4 Å². The Morgan fingerprint density at radius 1 is 1.07 bits per heavy atom. The number of halogens is 1. The van der Waals surface area contributed by atoms with Crippen LogP contribution in [-0.4, -0.2) is 27.9 Å². The van der Waals surface area contributed by atoms with Crippen LogP contribution >= 0.6 is 15.9 Å². The first kappa shape index (κ1) is 20.5. The van der Waals surface area contributed by atoms with E-state index < -0.39 is 5.97 Å². The minimum absolute atomic E-state index is 0.0153. The summed E-state index contributed by atoms with van der Waals surface area (Å²) in [4.78, 5) is 41.3. The molecule has 1 aromatic heterocycles. The number of Topliss-reactive ketones (excluding diaryl/α,β-unsaturated/α-hetero) is 1. The Hall–Kier alpha value is -2.80. The molecule has 0 saturated carbocycles. The van der Waals surface area contributed by atoms with Crippen molar-refractivity contribution in [3.63, 3.8) is 0 Å². The molecule has 1 aliphatic carbocycles. The van der Waals surface area contributed by atoms with E-state index >= 15 is 0 Å². The van der Waals surface area contributed by atoms with Crippen molar-refractivity contribution in [2.75, 3.05) is 6.61 Å². The molecular formula is C23H21BrN2O4. The lowest BCUT2D eigenvalue weighted by molar-refractivity contribution is -0.142. The Bertz CT molecular complexity index is 1190. The van der Waals surface area contributed by atoms with Gasteiger partial charge in [-0.25, -0.2) is 4.98 Å². The van der Waals surface area contributed by atoms with Gasteiger partial charge in [-0.1, -0.05) is 28.1 Å². The summed E-state index contributed by atoms with van der Waals surface area (Å²) in [7, 11) is 0. The SMILES string of the molecule is O=C(CCn1cnc2ccc(Br)cc2c1=O)OCC(=O)c1ccc2c(c1)CCCC2. The third-order valence-electron chi connectivity index (χ3n) is 5.38. The quantitative estimate of drug-likeness (QED) is 0.405. The number of ether oxygens (including phenoxy) is 1. The highest BCUT2D eigenvalue weighted by atomic mass is 79.9. The molecule has 0 amide bonds. The van der Waals surface area contributed by atoms with Gasteiger partial charge in [-0.15, -0.1) is 0 Å². The number of esters is 1. The highest BCUT2D eigenvalue weighted by Crippen LogP contribution is 2.22. The van der Waals surface area contributed by atoms with Gasteiger partial charge in [0.2, 0.25) is 0 Å². The fourth-order valence-corrected chi connectivity index (χ4v) is 4.07. The monoisotopic (exact) mass is 468 g/mol. The lowest BCUT2D eigenvalue weighted by Gasteiger charge is -2.16. The number of hydrogen-bond donors (Lipinski definition) is 0. The van der Waals surface area contributed by atoms with Gasteiger partial charge < -0.3 is 4.74 Å². The molecule has 0 saturated heterocycles. The molecular weight excluding hydrogens is 448 g/mol. The number of carbonyl (C=O) groups excluding carboxylic acids is 2. The Balaban J connectivity index is 1.34. The number of aryl methyl sites for hydroxylation is 3. The van der Waals surface area contributed by atoms with Crippen LogP contribution in [0, 0.1) is 0 Å². The van der Waals surface area contributed by atoms with E-state index in [-0.39, 0.29) is 30.9 Å². The molecule has 0 fully saturated rings. The van der Waals surface area contributed by atoms with E-state index in [0.29, 0.717) is 16.5 Å². The standard InChI is InChI=1S/C23H21BrN2O4/c24-18-7-8-20-19(12-18)23(29)26(14-25-20)10-9-22(28)30-13-21(27)17-6-5-15-3-1-2-4-16(15)11-17/h5-8,11-12,14H,1-4,9-10,13H2. The Labute approximate surface area is 182 Å². The second-order valence-electron chi connectivity index (χ2n) is 7.43. The molecule has 2 aromatic carbocycles. The number of rotatable bonds is 6. The average molecular weight is 469 g/mol. The third kappa shape index (κ3) is 4.51. The zero-order valence-corrected chi connectivity index (χ0v) is 18.0. The van der Waals surface area contributed by atoms with E-state index in [9.17, 15) is 14.4 Å². The lowest BCUT2D eigenvalue weighted by Crippen LogP contribution is -2.23. The molecule has 154 valence electrons. The number of ketones is 1. The molecule has 0 aliphatic heterocycles. The third-order valence-corrected chi connectivity index (χ3v) is 5.87. The number of nitrogens with zero attached hydrogens (tertiary/aromatic N) is 2. The molecule has 7 heteroatoms. The molecule has 0 spiro atoms. The van der Waals surface area contributed by atoms with Crippen molar-refractivity contribution in [1.29, 1.82) is 0 Å². The van der Waals surface area contributed by atoms with Gasteiger partial charge >= 0.3 is 5.97 Å². The van der Waals surface area contributed by atoms with Gasteiger partial charge in [0.1, 0.15) is 0 Å². The predicted molar refractivity (Wildman–Crippen MR) is 117 cm³/mol. The number of carbonyl (C=O) groups is 2. The number of fused-ring (bicyclic) bond motifs is 2. The maximum Gasteiger partial charge on any atom is 0.308 e. The van der Waals surface area contributed by atoms with Crippen LogP contribution in [0.1, 0.15) is 40.7 Å². The number of hydrogen-bond acceptors (Lipinski definition) is 5. The summed E-state index contributed by atoms with van der Waals surface area (Å²) < 4.78 is 7.30. The van der Waals surface area contributed by atoms with Gasteiger partial charge in [-0.3, -0.25) is 19.0 Å². The van der Waals surface area contributed by atoms with Crippen LogP contribution < -0.4 is 5.56 Å². The van der Waals surface area contributed by atoms with E-state index in [2.05, 4.69) is 20.9 Å². The molecule has 6 nitrogen and oxygen atoms in total. The minimum atomic E-state index is -0.525. The van der Waals surface area contributed by atoms with Crippen molar-refractivity contribution in [2.45, 2.75) is 38.6 Å². The number of aromatic nitrogens is 2. The van der Waals surface area contributed by atoms with Crippen LogP contribution in [0.5, 0.6) is 0 Å². The van der Waals surface area contributed by atoms with Crippen molar-refractivity contribution < 1.29 is 14.3 Å². The predicted octanol–water partition coefficient (Wildman–Crippen LogP) is 3.85. The van der Waals surface area contributed by atoms with E-state index in [0.717, 1.165) is 23.7 Å². The molecule has 30 heavy (non-hydrogen) atoms. The van der Waals surface area contributed by atoms with Gasteiger partial charge in [0.25, 0.3) is 5.56 Å². The zero-order valence-electron chi connectivity index (χ0n) is 16.4. The molecule has 0 atom stereocenters. The maximum absolute atomic E-state index is 12.6. The summed E-state index contributed by atoms with van der Waals surface area (Å²) in [5.41, 5.74) is 3.46. The van der Waals surface area contributed by atoms with Crippen LogP contribution in [0.25, 0.3) is 10.9 Å². The van der Waals surface area contributed by atoms with Crippen molar-refractivity contribution in [2.24, 2.45) is 0 Å². The zero-order chi connectivity index (χ0) is 21.1. The van der Waals surface area contributed by atoms with Crippen molar-refractivity contribution in [3.8, 4) is 0 Å². The first-order valence-electron chi connectivity index (χ1n) is 9.96. The summed E-state index contributed by atoms with van der Waals surface area (Å²) in [6, 6.07) is 11.0. The molecule has 3 aromatic rings. The van der Waals surface area contributed by atoms with E-state index in [4.69, 9.17) is 4.74 Å².